The van der Waals surface area contributed by atoms with Gasteiger partial charge in [0.2, 0.25) is 0 Å². The number of hydrogen-bond acceptors (Lipinski definition) is 5. The second-order valence-corrected chi connectivity index (χ2v) is 2.57. The Labute approximate surface area is 66.5 Å². The molecule has 0 bridgehead atoms. The fourth-order valence-corrected chi connectivity index (χ4v) is 0.965. The van der Waals surface area contributed by atoms with Crippen molar-refractivity contribution in [2.24, 2.45) is 5.73 Å². The number of nitrogens with zero attached hydrogens (tertiary/aromatic N) is 3. The van der Waals surface area contributed by atoms with E-state index in [1.54, 1.807) is 0 Å². The van der Waals surface area contributed by atoms with E-state index in [4.69, 9.17) is 5.73 Å². The molecule has 54 valence electrons. The molecule has 2 N–H and O–H groups in total. The molecule has 5 nitrogen and oxygen atoms in total. The van der Waals surface area contributed by atoms with E-state index in [0.717, 1.165) is 15.8 Å². The van der Waals surface area contributed by atoms with Gasteiger partial charge in [-0.15, -0.1) is 5.10 Å². The van der Waals surface area contributed by atoms with Crippen molar-refractivity contribution in [1.82, 2.24) is 9.59 Å². The smallest absolute Gasteiger partial charge is 0.330 e. The van der Waals surface area contributed by atoms with Gasteiger partial charge in [-0.25, -0.2) is 9.10 Å². The Kier molecular flexibility index (Phi) is 2.07. The number of nitrogens with two attached hydrogens (primary N) is 1. The van der Waals surface area contributed by atoms with Gasteiger partial charge in [0.15, 0.2) is 5.00 Å². The van der Waals surface area contributed by atoms with E-state index in [9.17, 15) is 4.79 Å². The third-order valence-corrected chi connectivity index (χ3v) is 1.97. The van der Waals surface area contributed by atoms with Crippen molar-refractivity contribution in [2.45, 2.75) is 0 Å². The minimum Gasteiger partial charge on any atom is -0.350 e. The molecule has 0 saturated heterocycles. The summed E-state index contributed by atoms with van der Waals surface area (Å²) in [6.45, 7) is 0. The predicted octanol–water partition coefficient (Wildman–Crippen LogP) is 0.268. The molecule has 2 amide bonds. The lowest BCUT2D eigenvalue weighted by Gasteiger charge is -2.05. The number of carbonyl (C=O) groups is 1. The summed E-state index contributed by atoms with van der Waals surface area (Å²) < 4.78 is 4.50. The number of hydrogen-bond donors (Lipinski definition) is 2. The van der Waals surface area contributed by atoms with Crippen molar-refractivity contribution in [3.8, 4) is 0 Å². The molecule has 0 unspecified atom stereocenters. The molecular formula is C3H4N4OS2. The van der Waals surface area contributed by atoms with Crippen LogP contribution in [-0.4, -0.2) is 15.6 Å². The zero-order valence-corrected chi connectivity index (χ0v) is 6.47. The molecule has 1 rings (SSSR count). The number of amides is 2. The van der Waals surface area contributed by atoms with Crippen LogP contribution in [0.5, 0.6) is 0 Å². The molecule has 0 aliphatic carbocycles. The number of thiol groups is 1. The van der Waals surface area contributed by atoms with E-state index < -0.39 is 6.03 Å². The molecule has 0 aliphatic heterocycles. The van der Waals surface area contributed by atoms with Crippen molar-refractivity contribution in [2.75, 3.05) is 4.31 Å². The van der Waals surface area contributed by atoms with Crippen LogP contribution in [0.15, 0.2) is 6.20 Å². The Morgan fingerprint density at radius 3 is 3.00 bits per heavy atom. The van der Waals surface area contributed by atoms with Crippen molar-refractivity contribution in [1.29, 1.82) is 0 Å². The molecule has 1 heterocycles. The average molecular weight is 176 g/mol. The molecule has 10 heavy (non-hydrogen) atoms. The zero-order chi connectivity index (χ0) is 7.56. The van der Waals surface area contributed by atoms with E-state index in [0.29, 0.717) is 5.00 Å². The Hall–Kier alpha value is -0.820. The summed E-state index contributed by atoms with van der Waals surface area (Å²) in [5.74, 6) is 0. The van der Waals surface area contributed by atoms with E-state index in [1.807, 2.05) is 0 Å². The van der Waals surface area contributed by atoms with Gasteiger partial charge in [-0.05, 0) is 0 Å². The van der Waals surface area contributed by atoms with Gasteiger partial charge in [0, 0.05) is 11.5 Å². The monoisotopic (exact) mass is 176 g/mol. The molecule has 0 atom stereocenters. The summed E-state index contributed by atoms with van der Waals surface area (Å²) >= 11 is 4.82. The van der Waals surface area contributed by atoms with Gasteiger partial charge in [0.05, 0.1) is 6.20 Å². The maximum atomic E-state index is 10.4. The molecule has 0 aliphatic rings. The third kappa shape index (κ3) is 1.36. The summed E-state index contributed by atoms with van der Waals surface area (Å²) in [4.78, 5) is 10.4. The maximum Gasteiger partial charge on any atom is 0.330 e. The van der Waals surface area contributed by atoms with E-state index in [2.05, 4.69) is 22.4 Å². The lowest BCUT2D eigenvalue weighted by Crippen LogP contribution is -2.26. The molecule has 0 saturated carbocycles. The highest BCUT2D eigenvalue weighted by Crippen LogP contribution is 2.17. The summed E-state index contributed by atoms with van der Waals surface area (Å²) in [7, 11) is 0. The van der Waals surface area contributed by atoms with Gasteiger partial charge in [0.1, 0.15) is 0 Å². The summed E-state index contributed by atoms with van der Waals surface area (Å²) in [6.07, 6.45) is 1.41. The Balaban J connectivity index is 2.77. The van der Waals surface area contributed by atoms with Crippen molar-refractivity contribution >= 4 is 35.4 Å². The molecule has 0 fully saturated rings. The first-order valence-corrected chi connectivity index (χ1v) is 3.45. The van der Waals surface area contributed by atoms with Crippen LogP contribution in [0.4, 0.5) is 9.80 Å². The second kappa shape index (κ2) is 2.84. The first-order chi connectivity index (χ1) is 4.72. The van der Waals surface area contributed by atoms with Crippen LogP contribution in [0.3, 0.4) is 0 Å². The number of rotatable bonds is 1. The topological polar surface area (TPSA) is 72.1 Å². The molecule has 0 spiro atoms. The van der Waals surface area contributed by atoms with Gasteiger partial charge < -0.3 is 5.73 Å². The first kappa shape index (κ1) is 7.29. The van der Waals surface area contributed by atoms with E-state index in [1.165, 1.54) is 6.20 Å². The van der Waals surface area contributed by atoms with E-state index >= 15 is 0 Å². The van der Waals surface area contributed by atoms with Gasteiger partial charge in [0.25, 0.3) is 0 Å². The summed E-state index contributed by atoms with van der Waals surface area (Å²) in [5, 5.41) is 4.01. The highest BCUT2D eigenvalue weighted by Gasteiger charge is 2.08. The summed E-state index contributed by atoms with van der Waals surface area (Å²) in [5.41, 5.74) is 4.89. The molecule has 0 aromatic carbocycles. The molecule has 1 aromatic heterocycles. The van der Waals surface area contributed by atoms with Gasteiger partial charge in [-0.1, -0.05) is 17.3 Å². The van der Waals surface area contributed by atoms with E-state index in [-0.39, 0.29) is 0 Å². The second-order valence-electron chi connectivity index (χ2n) is 1.41. The highest BCUT2D eigenvalue weighted by molar-refractivity contribution is 7.83. The molecule has 1 aromatic rings. The lowest BCUT2D eigenvalue weighted by atomic mass is 10.8. The van der Waals surface area contributed by atoms with Gasteiger partial charge in [-0.3, -0.25) is 0 Å². The molecule has 0 radical (unpaired) electrons. The fraction of sp³-hybridized carbons (Fsp3) is 0. The number of aromatic nitrogens is 2. The Bertz CT molecular complexity index is 222. The first-order valence-electron chi connectivity index (χ1n) is 2.27. The zero-order valence-electron chi connectivity index (χ0n) is 4.76. The Morgan fingerprint density at radius 2 is 2.60 bits per heavy atom. The minimum atomic E-state index is -0.644. The van der Waals surface area contributed by atoms with Crippen LogP contribution >= 0.6 is 24.3 Å². The normalized spacial score (nSPS) is 9.30. The van der Waals surface area contributed by atoms with Gasteiger partial charge >= 0.3 is 6.03 Å². The molecular weight excluding hydrogens is 172 g/mol. The largest absolute Gasteiger partial charge is 0.350 e. The summed E-state index contributed by atoms with van der Waals surface area (Å²) in [6, 6.07) is -0.644. The average Bonchev–Trinajstić information content (AvgIpc) is 2.36. The standard InChI is InChI=1S/C3H4N4OS2/c4-3(8)7(9)2-1-5-6-10-2/h1,9H,(H2,4,8). The van der Waals surface area contributed by atoms with Crippen molar-refractivity contribution in [3.63, 3.8) is 0 Å². The van der Waals surface area contributed by atoms with Crippen molar-refractivity contribution < 1.29 is 4.79 Å². The number of primary amides is 1. The lowest BCUT2D eigenvalue weighted by molar-refractivity contribution is 0.257. The van der Waals surface area contributed by atoms with Gasteiger partial charge in [-0.2, -0.15) is 0 Å². The third-order valence-electron chi connectivity index (χ3n) is 0.767. The van der Waals surface area contributed by atoms with Crippen molar-refractivity contribution in [3.05, 3.63) is 6.20 Å². The molecule has 7 heteroatoms. The van der Waals surface area contributed by atoms with Crippen LogP contribution in [0.2, 0.25) is 0 Å². The quantitative estimate of drug-likeness (QED) is 0.603. The highest BCUT2D eigenvalue weighted by atomic mass is 32.1. The Morgan fingerprint density at radius 1 is 1.90 bits per heavy atom. The maximum absolute atomic E-state index is 10.4. The van der Waals surface area contributed by atoms with Crippen LogP contribution in [0.1, 0.15) is 0 Å². The van der Waals surface area contributed by atoms with Crippen LogP contribution in [0, 0.1) is 0 Å². The number of anilines is 1. The van der Waals surface area contributed by atoms with Crippen LogP contribution in [0.25, 0.3) is 0 Å². The number of carbonyl (C=O) groups excluding carboxylic acids is 1. The minimum absolute atomic E-state index is 0.510. The predicted molar refractivity (Wildman–Crippen MR) is 41.0 cm³/mol. The number of urea groups is 1. The fourth-order valence-electron chi connectivity index (χ4n) is 0.364. The van der Waals surface area contributed by atoms with Crippen LogP contribution in [-0.2, 0) is 0 Å². The SMILES string of the molecule is NC(=O)N(S)c1cnns1. The van der Waals surface area contributed by atoms with Crippen LogP contribution < -0.4 is 10.0 Å².